The van der Waals surface area contributed by atoms with E-state index in [1.165, 1.54) is 0 Å². The zero-order valence-corrected chi connectivity index (χ0v) is 13.3. The molecular formula is C15H28N2O3. The first-order chi connectivity index (χ1) is 9.11. The number of nitrogens with one attached hydrogen (secondary N) is 1. The van der Waals surface area contributed by atoms with Crippen LogP contribution in [0.3, 0.4) is 0 Å². The van der Waals surface area contributed by atoms with Gasteiger partial charge in [-0.05, 0) is 44.9 Å². The van der Waals surface area contributed by atoms with Crippen LogP contribution >= 0.6 is 0 Å². The van der Waals surface area contributed by atoms with E-state index in [4.69, 9.17) is 0 Å². The Morgan fingerprint density at radius 1 is 1.25 bits per heavy atom. The maximum absolute atomic E-state index is 12.4. The summed E-state index contributed by atoms with van der Waals surface area (Å²) in [6, 6.07) is -0.740. The second kappa shape index (κ2) is 6.46. The Hall–Kier alpha value is -1.26. The fraction of sp³-hybridized carbons (Fsp3) is 0.867. The van der Waals surface area contributed by atoms with Crippen molar-refractivity contribution in [1.82, 2.24) is 10.2 Å². The van der Waals surface area contributed by atoms with Crippen molar-refractivity contribution >= 4 is 12.0 Å². The van der Waals surface area contributed by atoms with E-state index in [1.807, 2.05) is 34.6 Å². The summed E-state index contributed by atoms with van der Waals surface area (Å²) < 4.78 is 0. The predicted molar refractivity (Wildman–Crippen MR) is 78.6 cm³/mol. The van der Waals surface area contributed by atoms with Crippen LogP contribution in [-0.2, 0) is 4.79 Å². The van der Waals surface area contributed by atoms with Crippen LogP contribution in [0.15, 0.2) is 0 Å². The standard InChI is InChI=1S/C15H28N2O3/c1-10-7-6-8-11(2)17(10)14(20)16-12(13(18)19)9-15(3,4)5/h10-12H,6-9H2,1-5H3,(H,16,20)(H,18,19)/t10-,11+,12-/m0/s1. The summed E-state index contributed by atoms with van der Waals surface area (Å²) >= 11 is 0. The number of hydrogen-bond acceptors (Lipinski definition) is 2. The first kappa shape index (κ1) is 16.8. The maximum atomic E-state index is 12.4. The molecule has 0 saturated carbocycles. The fourth-order valence-electron chi connectivity index (χ4n) is 2.86. The number of piperidine rings is 1. The van der Waals surface area contributed by atoms with Crippen LogP contribution in [0, 0.1) is 5.41 Å². The minimum Gasteiger partial charge on any atom is -0.480 e. The minimum absolute atomic E-state index is 0.143. The molecule has 0 spiro atoms. The molecule has 1 aliphatic heterocycles. The van der Waals surface area contributed by atoms with Crippen molar-refractivity contribution in [3.05, 3.63) is 0 Å². The molecule has 0 aliphatic carbocycles. The molecule has 3 atom stereocenters. The first-order valence-electron chi connectivity index (χ1n) is 7.43. The van der Waals surface area contributed by atoms with Gasteiger partial charge in [0, 0.05) is 12.1 Å². The number of nitrogens with zero attached hydrogens (tertiary/aromatic N) is 1. The van der Waals surface area contributed by atoms with Gasteiger partial charge in [-0.15, -0.1) is 0 Å². The van der Waals surface area contributed by atoms with Gasteiger partial charge >= 0.3 is 12.0 Å². The van der Waals surface area contributed by atoms with Crippen molar-refractivity contribution in [3.63, 3.8) is 0 Å². The Kier molecular flexibility index (Phi) is 5.42. The third-order valence-corrected chi connectivity index (χ3v) is 3.84. The van der Waals surface area contributed by atoms with Crippen LogP contribution in [0.2, 0.25) is 0 Å². The van der Waals surface area contributed by atoms with Gasteiger partial charge in [-0.1, -0.05) is 20.8 Å². The lowest BCUT2D eigenvalue weighted by Crippen LogP contribution is -2.55. The normalized spacial score (nSPS) is 25.1. The van der Waals surface area contributed by atoms with E-state index in [1.54, 1.807) is 4.90 Å². The smallest absolute Gasteiger partial charge is 0.326 e. The van der Waals surface area contributed by atoms with Crippen LogP contribution in [0.25, 0.3) is 0 Å². The second-order valence-electron chi connectivity index (χ2n) is 7.14. The van der Waals surface area contributed by atoms with Gasteiger partial charge < -0.3 is 15.3 Å². The highest BCUT2D eigenvalue weighted by atomic mass is 16.4. The number of urea groups is 1. The van der Waals surface area contributed by atoms with Crippen molar-refractivity contribution in [2.24, 2.45) is 5.41 Å². The van der Waals surface area contributed by atoms with E-state index >= 15 is 0 Å². The van der Waals surface area contributed by atoms with Gasteiger partial charge in [0.2, 0.25) is 0 Å². The Labute approximate surface area is 121 Å². The lowest BCUT2D eigenvalue weighted by atomic mass is 9.88. The molecule has 5 heteroatoms. The molecule has 2 amide bonds. The molecule has 1 saturated heterocycles. The molecule has 1 heterocycles. The zero-order chi connectivity index (χ0) is 15.5. The molecule has 0 aromatic heterocycles. The molecular weight excluding hydrogens is 256 g/mol. The molecule has 0 aromatic carbocycles. The molecule has 0 aromatic rings. The van der Waals surface area contributed by atoms with Gasteiger partial charge in [-0.25, -0.2) is 9.59 Å². The number of carbonyl (C=O) groups is 2. The average Bonchev–Trinajstić information content (AvgIpc) is 2.25. The Morgan fingerprint density at radius 3 is 2.15 bits per heavy atom. The molecule has 116 valence electrons. The summed E-state index contributed by atoms with van der Waals surface area (Å²) in [6.45, 7) is 9.97. The summed E-state index contributed by atoms with van der Waals surface area (Å²) in [7, 11) is 0. The summed E-state index contributed by atoms with van der Waals surface area (Å²) in [6.07, 6.45) is 3.50. The molecule has 1 rings (SSSR count). The van der Waals surface area contributed by atoms with Crippen molar-refractivity contribution in [3.8, 4) is 0 Å². The Balaban J connectivity index is 2.72. The largest absolute Gasteiger partial charge is 0.480 e. The highest BCUT2D eigenvalue weighted by Gasteiger charge is 2.32. The van der Waals surface area contributed by atoms with Gasteiger partial charge in [0.15, 0.2) is 0 Å². The second-order valence-corrected chi connectivity index (χ2v) is 7.14. The quantitative estimate of drug-likeness (QED) is 0.837. The summed E-state index contributed by atoms with van der Waals surface area (Å²) in [5.74, 6) is -0.967. The number of carboxylic acid groups (broad SMARTS) is 1. The number of amides is 2. The SMILES string of the molecule is C[C@@H]1CCC[C@H](C)N1C(=O)N[C@@H](CC(C)(C)C)C(=O)O. The third kappa shape index (κ3) is 4.69. The molecule has 20 heavy (non-hydrogen) atoms. The molecule has 0 bridgehead atoms. The molecule has 0 unspecified atom stereocenters. The molecule has 1 aliphatic rings. The van der Waals surface area contributed by atoms with Crippen LogP contribution < -0.4 is 5.32 Å². The number of carbonyl (C=O) groups excluding carboxylic acids is 1. The van der Waals surface area contributed by atoms with E-state index in [2.05, 4.69) is 5.32 Å². The minimum atomic E-state index is -0.967. The van der Waals surface area contributed by atoms with Crippen LogP contribution in [0.4, 0.5) is 4.79 Å². The summed E-state index contributed by atoms with van der Waals surface area (Å²) in [4.78, 5) is 25.5. The van der Waals surface area contributed by atoms with E-state index in [9.17, 15) is 14.7 Å². The van der Waals surface area contributed by atoms with Gasteiger partial charge in [-0.2, -0.15) is 0 Å². The number of hydrogen-bond donors (Lipinski definition) is 2. The van der Waals surface area contributed by atoms with Gasteiger partial charge in [-0.3, -0.25) is 0 Å². The fourth-order valence-corrected chi connectivity index (χ4v) is 2.86. The summed E-state index contributed by atoms with van der Waals surface area (Å²) in [5, 5.41) is 12.0. The Bertz CT molecular complexity index is 353. The van der Waals surface area contributed by atoms with Crippen molar-refractivity contribution in [2.45, 2.75) is 78.4 Å². The van der Waals surface area contributed by atoms with Crippen LogP contribution in [0.1, 0.15) is 60.3 Å². The highest BCUT2D eigenvalue weighted by molar-refractivity contribution is 5.83. The number of carboxylic acids is 1. The number of rotatable bonds is 3. The Morgan fingerprint density at radius 2 is 1.75 bits per heavy atom. The van der Waals surface area contributed by atoms with E-state index in [-0.39, 0.29) is 23.5 Å². The van der Waals surface area contributed by atoms with E-state index in [0.717, 1.165) is 19.3 Å². The van der Waals surface area contributed by atoms with Crippen LogP contribution in [0.5, 0.6) is 0 Å². The highest BCUT2D eigenvalue weighted by Crippen LogP contribution is 2.24. The van der Waals surface area contributed by atoms with Crippen LogP contribution in [-0.4, -0.2) is 40.1 Å². The van der Waals surface area contributed by atoms with Crippen molar-refractivity contribution in [1.29, 1.82) is 0 Å². The third-order valence-electron chi connectivity index (χ3n) is 3.84. The number of aliphatic carboxylic acids is 1. The van der Waals surface area contributed by atoms with Gasteiger partial charge in [0.1, 0.15) is 6.04 Å². The van der Waals surface area contributed by atoms with Crippen molar-refractivity contribution in [2.75, 3.05) is 0 Å². The van der Waals surface area contributed by atoms with Gasteiger partial charge in [0.05, 0.1) is 0 Å². The van der Waals surface area contributed by atoms with Crippen molar-refractivity contribution < 1.29 is 14.7 Å². The molecule has 5 nitrogen and oxygen atoms in total. The number of likely N-dealkylation sites (tertiary alicyclic amines) is 1. The zero-order valence-electron chi connectivity index (χ0n) is 13.3. The lowest BCUT2D eigenvalue weighted by Gasteiger charge is -2.39. The monoisotopic (exact) mass is 284 g/mol. The average molecular weight is 284 g/mol. The lowest BCUT2D eigenvalue weighted by molar-refractivity contribution is -0.140. The molecule has 2 N–H and O–H groups in total. The molecule has 0 radical (unpaired) electrons. The van der Waals surface area contributed by atoms with E-state index in [0.29, 0.717) is 6.42 Å². The first-order valence-corrected chi connectivity index (χ1v) is 7.43. The topological polar surface area (TPSA) is 69.6 Å². The summed E-state index contributed by atoms with van der Waals surface area (Å²) in [5.41, 5.74) is -0.143. The maximum Gasteiger partial charge on any atom is 0.326 e. The van der Waals surface area contributed by atoms with E-state index < -0.39 is 12.0 Å². The molecule has 1 fully saturated rings. The predicted octanol–water partition coefficient (Wildman–Crippen LogP) is 2.85. The van der Waals surface area contributed by atoms with Gasteiger partial charge in [0.25, 0.3) is 0 Å².